The van der Waals surface area contributed by atoms with Gasteiger partial charge in [-0.2, -0.15) is 0 Å². The highest BCUT2D eigenvalue weighted by molar-refractivity contribution is 5.93. The van der Waals surface area contributed by atoms with Gasteiger partial charge in [0.1, 0.15) is 0 Å². The third-order valence-electron chi connectivity index (χ3n) is 7.17. The van der Waals surface area contributed by atoms with Crippen LogP contribution >= 0.6 is 0 Å². The van der Waals surface area contributed by atoms with Crippen LogP contribution < -0.4 is 5.32 Å². The van der Waals surface area contributed by atoms with E-state index in [1.54, 1.807) is 12.4 Å². The van der Waals surface area contributed by atoms with Gasteiger partial charge in [-0.05, 0) is 73.5 Å². The molecule has 2 aliphatic carbocycles. The summed E-state index contributed by atoms with van der Waals surface area (Å²) in [5.74, 6) is 2.33. The van der Waals surface area contributed by atoms with Crippen LogP contribution in [0.3, 0.4) is 0 Å². The summed E-state index contributed by atoms with van der Waals surface area (Å²) in [6, 6.07) is 3.77. The Labute approximate surface area is 181 Å². The van der Waals surface area contributed by atoms with Gasteiger partial charge in [0.15, 0.2) is 0 Å². The molecule has 0 bridgehead atoms. The van der Waals surface area contributed by atoms with Crippen molar-refractivity contribution in [2.75, 3.05) is 0 Å². The molecule has 1 fully saturated rings. The SMILES string of the molecule is CC(=CC=C[C@@H]1[C@H]2[C@H](C)[C@@H](O)[C@H](C)C[C@@H]2C=C[C@@H]1C)C(=O)NC(C)c1ccncc1. The third kappa shape index (κ3) is 4.92. The van der Waals surface area contributed by atoms with Crippen molar-refractivity contribution >= 4 is 5.91 Å². The zero-order valence-electron chi connectivity index (χ0n) is 18.8. The first-order valence-corrected chi connectivity index (χ1v) is 11.2. The molecule has 0 saturated heterocycles. The molecule has 30 heavy (non-hydrogen) atoms. The van der Waals surface area contributed by atoms with Gasteiger partial charge < -0.3 is 10.4 Å². The number of carbonyl (C=O) groups excluding carboxylic acids is 1. The lowest BCUT2D eigenvalue weighted by Crippen LogP contribution is -2.46. The topological polar surface area (TPSA) is 62.2 Å². The molecule has 3 rings (SSSR count). The molecule has 1 heterocycles. The molecular weight excluding hydrogens is 372 g/mol. The van der Waals surface area contributed by atoms with E-state index < -0.39 is 0 Å². The summed E-state index contributed by atoms with van der Waals surface area (Å²) in [7, 11) is 0. The number of aliphatic hydroxyl groups excluding tert-OH is 1. The Balaban J connectivity index is 1.67. The minimum atomic E-state index is -0.237. The van der Waals surface area contributed by atoms with Crippen LogP contribution in [-0.4, -0.2) is 22.1 Å². The summed E-state index contributed by atoms with van der Waals surface area (Å²) < 4.78 is 0. The van der Waals surface area contributed by atoms with E-state index in [2.05, 4.69) is 49.3 Å². The van der Waals surface area contributed by atoms with Gasteiger partial charge >= 0.3 is 0 Å². The number of nitrogens with zero attached hydrogens (tertiary/aromatic N) is 1. The summed E-state index contributed by atoms with van der Waals surface area (Å²) in [5, 5.41) is 13.7. The van der Waals surface area contributed by atoms with Crippen molar-refractivity contribution in [3.8, 4) is 0 Å². The average Bonchev–Trinajstić information content (AvgIpc) is 2.74. The van der Waals surface area contributed by atoms with Crippen molar-refractivity contribution < 1.29 is 9.90 Å². The van der Waals surface area contributed by atoms with Crippen LogP contribution in [0.4, 0.5) is 0 Å². The smallest absolute Gasteiger partial charge is 0.247 e. The van der Waals surface area contributed by atoms with Crippen LogP contribution in [0.1, 0.15) is 52.6 Å². The van der Waals surface area contributed by atoms with Crippen molar-refractivity contribution in [3.05, 3.63) is 66.0 Å². The molecule has 1 aromatic heterocycles. The molecule has 0 radical (unpaired) electrons. The first-order valence-electron chi connectivity index (χ1n) is 11.2. The second-order valence-electron chi connectivity index (χ2n) is 9.34. The van der Waals surface area contributed by atoms with Gasteiger partial charge in [-0.1, -0.05) is 51.2 Å². The van der Waals surface area contributed by atoms with Crippen LogP contribution in [0.25, 0.3) is 0 Å². The lowest BCUT2D eigenvalue weighted by molar-refractivity contribution is -0.118. The molecule has 1 amide bonds. The molecule has 162 valence electrons. The van der Waals surface area contributed by atoms with E-state index in [-0.39, 0.29) is 24.0 Å². The number of carbonyl (C=O) groups is 1. The maximum Gasteiger partial charge on any atom is 0.247 e. The molecule has 8 atom stereocenters. The third-order valence-corrected chi connectivity index (χ3v) is 7.17. The molecular formula is C26H36N2O2. The fraction of sp³-hybridized carbons (Fsp3) is 0.538. The van der Waals surface area contributed by atoms with Crippen molar-refractivity contribution in [1.82, 2.24) is 10.3 Å². The highest BCUT2D eigenvalue weighted by Gasteiger charge is 2.44. The van der Waals surface area contributed by atoms with Gasteiger partial charge in [-0.3, -0.25) is 9.78 Å². The van der Waals surface area contributed by atoms with Crippen molar-refractivity contribution in [2.45, 2.75) is 53.2 Å². The summed E-state index contributed by atoms with van der Waals surface area (Å²) in [6.07, 6.45) is 15.2. The molecule has 1 saturated carbocycles. The van der Waals surface area contributed by atoms with Crippen molar-refractivity contribution in [2.24, 2.45) is 35.5 Å². The Hall–Kier alpha value is -2.20. The number of fused-ring (bicyclic) bond motifs is 1. The predicted molar refractivity (Wildman–Crippen MR) is 121 cm³/mol. The van der Waals surface area contributed by atoms with E-state index in [1.165, 1.54) is 0 Å². The Morgan fingerprint density at radius 2 is 1.93 bits per heavy atom. The molecule has 2 aliphatic rings. The van der Waals surface area contributed by atoms with E-state index in [4.69, 9.17) is 0 Å². The Morgan fingerprint density at radius 1 is 1.23 bits per heavy atom. The monoisotopic (exact) mass is 408 g/mol. The number of amides is 1. The first kappa shape index (κ1) is 22.5. The minimum absolute atomic E-state index is 0.0614. The summed E-state index contributed by atoms with van der Waals surface area (Å²) in [6.45, 7) is 10.4. The van der Waals surface area contributed by atoms with E-state index in [1.807, 2.05) is 38.1 Å². The molecule has 1 aromatic rings. The van der Waals surface area contributed by atoms with Gasteiger partial charge in [0.05, 0.1) is 12.1 Å². The Bertz CT molecular complexity index is 814. The van der Waals surface area contributed by atoms with Crippen molar-refractivity contribution in [1.29, 1.82) is 0 Å². The van der Waals surface area contributed by atoms with Gasteiger partial charge in [0.2, 0.25) is 5.91 Å². The number of nitrogens with one attached hydrogen (secondary N) is 1. The minimum Gasteiger partial charge on any atom is -0.393 e. The first-order chi connectivity index (χ1) is 14.3. The number of aromatic nitrogens is 1. The van der Waals surface area contributed by atoms with Crippen molar-refractivity contribution in [3.63, 3.8) is 0 Å². The molecule has 1 unspecified atom stereocenters. The normalized spacial score (nSPS) is 35.1. The molecule has 4 nitrogen and oxygen atoms in total. The number of allylic oxidation sites excluding steroid dienone is 5. The largest absolute Gasteiger partial charge is 0.393 e. The van der Waals surface area contributed by atoms with Crippen LogP contribution in [0.15, 0.2) is 60.5 Å². The van der Waals surface area contributed by atoms with Gasteiger partial charge in [0, 0.05) is 18.0 Å². The standard InChI is InChI=1S/C26H36N2O2/c1-16-9-10-22-15-18(3)25(29)19(4)24(22)23(16)8-6-7-17(2)26(30)28-20(5)21-11-13-27-14-12-21/h6-14,16,18-20,22-25,29H,15H2,1-5H3,(H,28,30)/t16-,18+,19-,20?,22-,23-,24-,25-/m0/s1. The molecule has 0 spiro atoms. The van der Waals surface area contributed by atoms with Gasteiger partial charge in [0.25, 0.3) is 0 Å². The van der Waals surface area contributed by atoms with E-state index in [9.17, 15) is 9.90 Å². The fourth-order valence-electron chi connectivity index (χ4n) is 5.25. The molecule has 2 N–H and O–H groups in total. The average molecular weight is 409 g/mol. The van der Waals surface area contributed by atoms with Gasteiger partial charge in [-0.15, -0.1) is 0 Å². The summed E-state index contributed by atoms with van der Waals surface area (Å²) in [5.41, 5.74) is 1.72. The van der Waals surface area contributed by atoms with Crippen LogP contribution in [0.5, 0.6) is 0 Å². The van der Waals surface area contributed by atoms with Crippen LogP contribution in [0, 0.1) is 35.5 Å². The number of pyridine rings is 1. The molecule has 4 heteroatoms. The second-order valence-corrected chi connectivity index (χ2v) is 9.34. The van der Waals surface area contributed by atoms with E-state index in [0.717, 1.165) is 12.0 Å². The van der Waals surface area contributed by atoms with E-state index >= 15 is 0 Å². The molecule has 0 aliphatic heterocycles. The lowest BCUT2D eigenvalue weighted by Gasteiger charge is -2.48. The van der Waals surface area contributed by atoms with Crippen LogP contribution in [0.2, 0.25) is 0 Å². The zero-order chi connectivity index (χ0) is 21.8. The lowest BCUT2D eigenvalue weighted by atomic mass is 9.58. The van der Waals surface area contributed by atoms with E-state index in [0.29, 0.717) is 35.2 Å². The zero-order valence-corrected chi connectivity index (χ0v) is 18.8. The number of hydrogen-bond acceptors (Lipinski definition) is 3. The Morgan fingerprint density at radius 3 is 2.63 bits per heavy atom. The quantitative estimate of drug-likeness (QED) is 0.416. The highest BCUT2D eigenvalue weighted by atomic mass is 16.3. The summed E-state index contributed by atoms with van der Waals surface area (Å²) in [4.78, 5) is 16.6. The fourth-order valence-corrected chi connectivity index (χ4v) is 5.25. The summed E-state index contributed by atoms with van der Waals surface area (Å²) >= 11 is 0. The Kier molecular flexibility index (Phi) is 7.30. The highest BCUT2D eigenvalue weighted by Crippen LogP contribution is 2.48. The maximum atomic E-state index is 12.6. The number of aliphatic hydroxyl groups is 1. The van der Waals surface area contributed by atoms with Gasteiger partial charge in [-0.25, -0.2) is 0 Å². The number of rotatable bonds is 5. The van der Waals surface area contributed by atoms with Crippen LogP contribution in [-0.2, 0) is 4.79 Å². The second kappa shape index (κ2) is 9.74. The maximum absolute atomic E-state index is 12.6. The molecule has 0 aromatic carbocycles. The predicted octanol–water partition coefficient (Wildman–Crippen LogP) is 4.85. The number of hydrogen-bond donors (Lipinski definition) is 2.